The fourth-order valence-corrected chi connectivity index (χ4v) is 2.29. The van der Waals surface area contributed by atoms with Crippen molar-refractivity contribution in [1.82, 2.24) is 10.6 Å². The van der Waals surface area contributed by atoms with E-state index in [1.807, 2.05) is 0 Å². The first-order valence-electron chi connectivity index (χ1n) is 6.22. The number of ether oxygens (including phenoxy) is 1. The van der Waals surface area contributed by atoms with Crippen LogP contribution in [0.1, 0.15) is 18.9 Å². The van der Waals surface area contributed by atoms with Crippen molar-refractivity contribution in [2.24, 2.45) is 0 Å². The highest BCUT2D eigenvalue weighted by molar-refractivity contribution is 7.07. The third kappa shape index (κ3) is 6.74. The maximum absolute atomic E-state index is 11.5. The molecule has 4 nitrogen and oxygen atoms in total. The zero-order chi connectivity index (χ0) is 13.2. The van der Waals surface area contributed by atoms with Gasteiger partial charge < -0.3 is 15.4 Å². The number of carbonyl (C=O) groups is 1. The molecule has 1 aromatic heterocycles. The summed E-state index contributed by atoms with van der Waals surface area (Å²) in [7, 11) is 1.66. The quantitative estimate of drug-likeness (QED) is 0.667. The molecule has 0 bridgehead atoms. The molecule has 1 unspecified atom stereocenters. The van der Waals surface area contributed by atoms with Gasteiger partial charge in [-0.15, -0.1) is 0 Å². The molecule has 18 heavy (non-hydrogen) atoms. The summed E-state index contributed by atoms with van der Waals surface area (Å²) in [6, 6.07) is 2.43. The summed E-state index contributed by atoms with van der Waals surface area (Å²) >= 11 is 1.70. The maximum atomic E-state index is 11.5. The Morgan fingerprint density at radius 3 is 3.06 bits per heavy atom. The normalized spacial score (nSPS) is 12.3. The van der Waals surface area contributed by atoms with Gasteiger partial charge in [0.05, 0.1) is 6.54 Å². The van der Waals surface area contributed by atoms with Gasteiger partial charge in [0, 0.05) is 26.3 Å². The van der Waals surface area contributed by atoms with E-state index >= 15 is 0 Å². The van der Waals surface area contributed by atoms with Crippen molar-refractivity contribution < 1.29 is 9.53 Å². The lowest BCUT2D eigenvalue weighted by molar-refractivity contribution is -0.120. The Bertz CT molecular complexity index is 328. The summed E-state index contributed by atoms with van der Waals surface area (Å²) in [6.45, 7) is 3.82. The molecule has 0 fully saturated rings. The van der Waals surface area contributed by atoms with E-state index in [0.29, 0.717) is 25.7 Å². The van der Waals surface area contributed by atoms with Crippen LogP contribution in [0.15, 0.2) is 16.8 Å². The second kappa shape index (κ2) is 9.08. The third-order valence-electron chi connectivity index (χ3n) is 2.58. The van der Waals surface area contributed by atoms with Crippen LogP contribution in [0.25, 0.3) is 0 Å². The van der Waals surface area contributed by atoms with Gasteiger partial charge in [0.25, 0.3) is 0 Å². The Kier molecular flexibility index (Phi) is 7.64. The molecule has 0 radical (unpaired) electrons. The van der Waals surface area contributed by atoms with Gasteiger partial charge in [-0.2, -0.15) is 11.3 Å². The maximum Gasteiger partial charge on any atom is 0.233 e. The SMILES string of the molecule is COCCCNC(=O)CNC(C)Cc1ccsc1. The van der Waals surface area contributed by atoms with Crippen molar-refractivity contribution in [3.05, 3.63) is 22.4 Å². The minimum absolute atomic E-state index is 0.0447. The second-order valence-electron chi connectivity index (χ2n) is 4.31. The summed E-state index contributed by atoms with van der Waals surface area (Å²) < 4.78 is 4.91. The summed E-state index contributed by atoms with van der Waals surface area (Å²) in [5.41, 5.74) is 1.32. The molecule has 5 heteroatoms. The van der Waals surface area contributed by atoms with Gasteiger partial charge in [0.15, 0.2) is 0 Å². The Morgan fingerprint density at radius 1 is 1.56 bits per heavy atom. The van der Waals surface area contributed by atoms with Gasteiger partial charge in [-0.1, -0.05) is 0 Å². The van der Waals surface area contributed by atoms with Crippen molar-refractivity contribution in [2.75, 3.05) is 26.8 Å². The van der Waals surface area contributed by atoms with Crippen molar-refractivity contribution in [3.8, 4) is 0 Å². The van der Waals surface area contributed by atoms with Crippen molar-refractivity contribution in [2.45, 2.75) is 25.8 Å². The molecule has 1 heterocycles. The van der Waals surface area contributed by atoms with Gasteiger partial charge in [-0.05, 0) is 42.2 Å². The van der Waals surface area contributed by atoms with Crippen molar-refractivity contribution in [1.29, 1.82) is 0 Å². The lowest BCUT2D eigenvalue weighted by Gasteiger charge is -2.13. The number of methoxy groups -OCH3 is 1. The molecule has 102 valence electrons. The van der Waals surface area contributed by atoms with E-state index in [-0.39, 0.29) is 5.91 Å². The fourth-order valence-electron chi connectivity index (χ4n) is 1.61. The first kappa shape index (κ1) is 15.1. The molecule has 0 saturated heterocycles. The second-order valence-corrected chi connectivity index (χ2v) is 5.09. The summed E-state index contributed by atoms with van der Waals surface area (Å²) in [6.07, 6.45) is 1.81. The van der Waals surface area contributed by atoms with Crippen LogP contribution in [0.2, 0.25) is 0 Å². The number of thiophene rings is 1. The van der Waals surface area contributed by atoms with Crippen molar-refractivity contribution >= 4 is 17.2 Å². The highest BCUT2D eigenvalue weighted by Crippen LogP contribution is 2.08. The lowest BCUT2D eigenvalue weighted by atomic mass is 10.1. The third-order valence-corrected chi connectivity index (χ3v) is 3.31. The highest BCUT2D eigenvalue weighted by Gasteiger charge is 2.06. The molecule has 0 aromatic carbocycles. The topological polar surface area (TPSA) is 50.4 Å². The molecule has 0 aliphatic carbocycles. The minimum atomic E-state index is 0.0447. The standard InChI is InChI=1S/C13H22N2O2S/c1-11(8-12-4-7-18-10-12)15-9-13(16)14-5-3-6-17-2/h4,7,10-11,15H,3,5-6,8-9H2,1-2H3,(H,14,16). The molecule has 0 spiro atoms. The van der Waals surface area contributed by atoms with Crippen LogP contribution in [0.4, 0.5) is 0 Å². The van der Waals surface area contributed by atoms with Crippen LogP contribution in [-0.2, 0) is 16.0 Å². The van der Waals surface area contributed by atoms with Gasteiger partial charge in [-0.3, -0.25) is 4.79 Å². The monoisotopic (exact) mass is 270 g/mol. The van der Waals surface area contributed by atoms with E-state index < -0.39 is 0 Å². The van der Waals surface area contributed by atoms with Gasteiger partial charge >= 0.3 is 0 Å². The average molecular weight is 270 g/mol. The Labute approximate surface area is 113 Å². The molecule has 1 rings (SSSR count). The number of hydrogen-bond acceptors (Lipinski definition) is 4. The molecule has 0 saturated carbocycles. The Balaban J connectivity index is 2.06. The lowest BCUT2D eigenvalue weighted by Crippen LogP contribution is -2.39. The fraction of sp³-hybridized carbons (Fsp3) is 0.615. The smallest absolute Gasteiger partial charge is 0.233 e. The molecule has 0 aliphatic rings. The van der Waals surface area contributed by atoms with Crippen LogP contribution >= 0.6 is 11.3 Å². The first-order valence-corrected chi connectivity index (χ1v) is 7.16. The van der Waals surface area contributed by atoms with E-state index in [2.05, 4.69) is 34.4 Å². The van der Waals surface area contributed by atoms with E-state index in [1.165, 1.54) is 5.56 Å². The number of amides is 1. The summed E-state index contributed by atoms with van der Waals surface area (Å²) in [5, 5.41) is 10.3. The first-order chi connectivity index (χ1) is 8.72. The molecule has 1 aromatic rings. The molecule has 1 atom stereocenters. The molecular formula is C13H22N2O2S. The Hall–Kier alpha value is -0.910. The summed E-state index contributed by atoms with van der Waals surface area (Å²) in [5.74, 6) is 0.0447. The van der Waals surface area contributed by atoms with E-state index in [4.69, 9.17) is 4.74 Å². The van der Waals surface area contributed by atoms with Crippen molar-refractivity contribution in [3.63, 3.8) is 0 Å². The number of nitrogens with one attached hydrogen (secondary N) is 2. The molecule has 2 N–H and O–H groups in total. The van der Waals surface area contributed by atoms with E-state index in [1.54, 1.807) is 18.4 Å². The molecule has 0 aliphatic heterocycles. The number of rotatable bonds is 9. The van der Waals surface area contributed by atoms with Crippen LogP contribution < -0.4 is 10.6 Å². The van der Waals surface area contributed by atoms with Gasteiger partial charge in [0.2, 0.25) is 5.91 Å². The largest absolute Gasteiger partial charge is 0.385 e. The number of hydrogen-bond donors (Lipinski definition) is 2. The number of carbonyl (C=O) groups excluding carboxylic acids is 1. The highest BCUT2D eigenvalue weighted by atomic mass is 32.1. The predicted molar refractivity (Wildman–Crippen MR) is 75.0 cm³/mol. The molecule has 1 amide bonds. The van der Waals surface area contributed by atoms with Crippen LogP contribution in [-0.4, -0.2) is 38.8 Å². The van der Waals surface area contributed by atoms with E-state index in [9.17, 15) is 4.79 Å². The van der Waals surface area contributed by atoms with Crippen LogP contribution in [0.5, 0.6) is 0 Å². The van der Waals surface area contributed by atoms with Gasteiger partial charge in [0.1, 0.15) is 0 Å². The van der Waals surface area contributed by atoms with Crippen LogP contribution in [0.3, 0.4) is 0 Å². The summed E-state index contributed by atoms with van der Waals surface area (Å²) in [4.78, 5) is 11.5. The zero-order valence-electron chi connectivity index (χ0n) is 11.1. The van der Waals surface area contributed by atoms with Gasteiger partial charge in [-0.25, -0.2) is 0 Å². The average Bonchev–Trinajstić information content (AvgIpc) is 2.85. The zero-order valence-corrected chi connectivity index (χ0v) is 11.9. The van der Waals surface area contributed by atoms with E-state index in [0.717, 1.165) is 12.8 Å². The Morgan fingerprint density at radius 2 is 2.39 bits per heavy atom. The minimum Gasteiger partial charge on any atom is -0.385 e. The molecular weight excluding hydrogens is 248 g/mol. The van der Waals surface area contributed by atoms with Crippen LogP contribution in [0, 0.1) is 0 Å². The predicted octanol–water partition coefficient (Wildman–Crippen LogP) is 1.42.